The van der Waals surface area contributed by atoms with Gasteiger partial charge in [0.1, 0.15) is 18.0 Å². The molecule has 0 amide bonds. The summed E-state index contributed by atoms with van der Waals surface area (Å²) in [5.74, 6) is 0.581. The first-order chi connectivity index (χ1) is 31.1. The van der Waals surface area contributed by atoms with Gasteiger partial charge in [-0.25, -0.2) is 0 Å². The lowest BCUT2D eigenvalue weighted by Crippen LogP contribution is -2.54. The van der Waals surface area contributed by atoms with Crippen molar-refractivity contribution in [3.63, 3.8) is 0 Å². The first-order valence-corrected chi connectivity index (χ1v) is 28.7. The summed E-state index contributed by atoms with van der Waals surface area (Å²) in [6.45, 7) is 16.0. The molecule has 0 aromatic heterocycles. The summed E-state index contributed by atoms with van der Waals surface area (Å²) in [4.78, 5) is 5.34. The maximum absolute atomic E-state index is 6.94. The molecule has 1 aromatic carbocycles. The molecule has 0 atom stereocenters. The van der Waals surface area contributed by atoms with Crippen LogP contribution in [0.2, 0.25) is 0 Å². The van der Waals surface area contributed by atoms with E-state index in [9.17, 15) is 0 Å². The van der Waals surface area contributed by atoms with Crippen LogP contribution in [0.25, 0.3) is 0 Å². The van der Waals surface area contributed by atoms with E-state index in [4.69, 9.17) is 14.2 Å². The Balaban J connectivity index is 1.98. The van der Waals surface area contributed by atoms with Gasteiger partial charge in [-0.2, -0.15) is 0 Å². The maximum Gasteiger partial charge on any atom is 0.385 e. The van der Waals surface area contributed by atoms with Gasteiger partial charge in [0, 0.05) is 6.54 Å². The van der Waals surface area contributed by atoms with Crippen LogP contribution in [0.1, 0.15) is 285 Å². The monoisotopic (exact) mass is 883 g/mol. The summed E-state index contributed by atoms with van der Waals surface area (Å²) in [7, 11) is 0. The topological polar surface area (TPSA) is 34.2 Å². The van der Waals surface area contributed by atoms with Gasteiger partial charge in [0.2, 0.25) is 0 Å². The number of fused-ring (bicyclic) bond motifs is 4. The van der Waals surface area contributed by atoms with Crippen LogP contribution in [0.4, 0.5) is 0 Å². The fraction of sp³-hybridized carbons (Fsp3) is 0.897. The van der Waals surface area contributed by atoms with Gasteiger partial charge < -0.3 is 19.1 Å². The zero-order valence-corrected chi connectivity index (χ0v) is 43.2. The van der Waals surface area contributed by atoms with Crippen LogP contribution in [-0.4, -0.2) is 61.6 Å². The van der Waals surface area contributed by atoms with Crippen molar-refractivity contribution in [3.8, 4) is 11.5 Å². The Kier molecular flexibility index (Phi) is 39.7. The van der Waals surface area contributed by atoms with E-state index in [0.717, 1.165) is 31.1 Å². The maximum atomic E-state index is 6.94. The molecule has 370 valence electrons. The predicted octanol–water partition coefficient (Wildman–Crippen LogP) is 18.4. The van der Waals surface area contributed by atoms with E-state index in [1.54, 1.807) is 0 Å². The van der Waals surface area contributed by atoms with Crippen molar-refractivity contribution >= 4 is 0 Å². The highest BCUT2D eigenvalue weighted by molar-refractivity contribution is 5.33. The molecule has 3 rings (SSSR count). The SMILES string of the molecule is CCCCCCCCCCCCN(CCCCCCCCCCCC)CCOC1(CN(CCCCCCCCCCCC)CCCCCCCCCCCC)Oc2ccc(cc2)O1. The lowest BCUT2D eigenvalue weighted by Gasteiger charge is -2.37. The van der Waals surface area contributed by atoms with Gasteiger partial charge in [-0.15, -0.1) is 0 Å². The highest BCUT2D eigenvalue weighted by Gasteiger charge is 2.41. The third kappa shape index (κ3) is 33.8. The molecule has 0 radical (unpaired) electrons. The molecule has 63 heavy (non-hydrogen) atoms. The van der Waals surface area contributed by atoms with Crippen molar-refractivity contribution < 1.29 is 14.2 Å². The average molecular weight is 884 g/mol. The van der Waals surface area contributed by atoms with Gasteiger partial charge in [0.15, 0.2) is 0 Å². The zero-order chi connectivity index (χ0) is 45.0. The van der Waals surface area contributed by atoms with Crippen LogP contribution < -0.4 is 9.47 Å². The molecule has 2 bridgehead atoms. The first kappa shape index (κ1) is 57.8. The third-order valence-corrected chi connectivity index (χ3v) is 13.8. The average Bonchev–Trinajstić information content (AvgIpc) is 3.57. The summed E-state index contributed by atoms with van der Waals surface area (Å²) in [6.07, 6.45) is 55.0. The summed E-state index contributed by atoms with van der Waals surface area (Å²) < 4.78 is 20.4. The predicted molar refractivity (Wildman–Crippen MR) is 277 cm³/mol. The second-order valence-electron chi connectivity index (χ2n) is 20.1. The Bertz CT molecular complexity index is 992. The molecule has 5 heteroatoms. The van der Waals surface area contributed by atoms with Crippen molar-refractivity contribution in [2.45, 2.75) is 291 Å². The van der Waals surface area contributed by atoms with Crippen LogP contribution in [0.3, 0.4) is 0 Å². The molecule has 2 aliphatic heterocycles. The molecule has 0 aliphatic carbocycles. The summed E-state index contributed by atoms with van der Waals surface area (Å²) >= 11 is 0. The molecule has 0 unspecified atom stereocenters. The number of benzene rings is 1. The number of unbranched alkanes of at least 4 members (excludes halogenated alkanes) is 36. The van der Waals surface area contributed by atoms with Gasteiger partial charge >= 0.3 is 5.97 Å². The molecule has 0 N–H and O–H groups in total. The van der Waals surface area contributed by atoms with Gasteiger partial charge in [-0.05, 0) is 76.1 Å². The van der Waals surface area contributed by atoms with Crippen LogP contribution in [0, 0.1) is 0 Å². The van der Waals surface area contributed by atoms with Gasteiger partial charge in [-0.1, -0.05) is 259 Å². The molecule has 0 saturated heterocycles. The van der Waals surface area contributed by atoms with Crippen LogP contribution in [-0.2, 0) is 4.74 Å². The molecule has 5 nitrogen and oxygen atoms in total. The van der Waals surface area contributed by atoms with Crippen LogP contribution >= 0.6 is 0 Å². The van der Waals surface area contributed by atoms with E-state index in [2.05, 4.69) is 61.8 Å². The van der Waals surface area contributed by atoms with E-state index in [1.807, 2.05) is 0 Å². The zero-order valence-electron chi connectivity index (χ0n) is 43.2. The van der Waals surface area contributed by atoms with E-state index in [1.165, 1.54) is 270 Å². The molecule has 1 aromatic rings. The molecular weight excluding hydrogens is 773 g/mol. The van der Waals surface area contributed by atoms with Crippen molar-refractivity contribution in [1.29, 1.82) is 0 Å². The normalized spacial score (nSPS) is 13.3. The minimum Gasteiger partial charge on any atom is -0.429 e. The van der Waals surface area contributed by atoms with Crippen LogP contribution in [0.15, 0.2) is 24.3 Å². The highest BCUT2D eigenvalue weighted by Crippen LogP contribution is 2.32. The Morgan fingerprint density at radius 3 is 0.825 bits per heavy atom. The molecule has 0 saturated carbocycles. The number of nitrogens with zero attached hydrogens (tertiary/aromatic N) is 2. The molecule has 0 fully saturated rings. The molecular formula is C58H110N2O3. The summed E-state index contributed by atoms with van der Waals surface area (Å²) in [5, 5.41) is 0. The second-order valence-corrected chi connectivity index (χ2v) is 20.1. The van der Waals surface area contributed by atoms with Crippen molar-refractivity contribution in [3.05, 3.63) is 24.3 Å². The first-order valence-electron chi connectivity index (χ1n) is 28.7. The van der Waals surface area contributed by atoms with Gasteiger partial charge in [0.05, 0.1) is 6.61 Å². The fourth-order valence-corrected chi connectivity index (χ4v) is 9.63. The van der Waals surface area contributed by atoms with E-state index in [0.29, 0.717) is 13.2 Å². The Labute approximate surface area is 394 Å². The largest absolute Gasteiger partial charge is 0.429 e. The van der Waals surface area contributed by atoms with E-state index >= 15 is 0 Å². The smallest absolute Gasteiger partial charge is 0.385 e. The Hall–Kier alpha value is -1.30. The lowest BCUT2D eigenvalue weighted by molar-refractivity contribution is -0.306. The second kappa shape index (κ2) is 43.3. The minimum atomic E-state index is -1.12. The Morgan fingerprint density at radius 2 is 0.556 bits per heavy atom. The minimum absolute atomic E-state index is 0.625. The van der Waals surface area contributed by atoms with Gasteiger partial charge in [-0.3, -0.25) is 4.90 Å². The lowest BCUT2D eigenvalue weighted by atomic mass is 10.1. The van der Waals surface area contributed by atoms with Crippen molar-refractivity contribution in [2.75, 3.05) is 45.9 Å². The number of ether oxygens (including phenoxy) is 3. The number of hydrogen-bond acceptors (Lipinski definition) is 5. The van der Waals surface area contributed by atoms with E-state index in [-0.39, 0.29) is 0 Å². The molecule has 0 spiro atoms. The molecule has 2 aliphatic rings. The standard InChI is InChI=1S/C58H110N2O3/c1-5-9-13-17-21-25-29-33-37-41-49-59(50-42-38-34-30-26-22-18-14-10-6-2)53-54-61-58(62-56-45-46-57(63-58)48-47-56)55-60(51-43-39-35-31-27-23-19-15-11-7-3)52-44-40-36-32-28-24-20-16-12-8-4/h45-48H,5-44,49-55H2,1-4H3. The van der Waals surface area contributed by atoms with Crippen molar-refractivity contribution in [2.24, 2.45) is 0 Å². The summed E-state index contributed by atoms with van der Waals surface area (Å²) in [6, 6.07) is 8.21. The Morgan fingerprint density at radius 1 is 0.317 bits per heavy atom. The van der Waals surface area contributed by atoms with Crippen LogP contribution in [0.5, 0.6) is 11.5 Å². The van der Waals surface area contributed by atoms with E-state index < -0.39 is 5.97 Å². The fourth-order valence-electron chi connectivity index (χ4n) is 9.63. The quantitative estimate of drug-likeness (QED) is 0.0609. The van der Waals surface area contributed by atoms with Gasteiger partial charge in [0.25, 0.3) is 0 Å². The summed E-state index contributed by atoms with van der Waals surface area (Å²) in [5.41, 5.74) is 0. The van der Waals surface area contributed by atoms with Crippen molar-refractivity contribution in [1.82, 2.24) is 9.80 Å². The molecule has 2 heterocycles. The third-order valence-electron chi connectivity index (χ3n) is 13.8. The highest BCUT2D eigenvalue weighted by atomic mass is 16.9. The number of rotatable bonds is 50. The number of hydrogen-bond donors (Lipinski definition) is 0.